The lowest BCUT2D eigenvalue weighted by Crippen LogP contribution is -2.49. The van der Waals surface area contributed by atoms with Gasteiger partial charge >= 0.3 is 0 Å². The number of halogens is 1. The van der Waals surface area contributed by atoms with Gasteiger partial charge in [0.25, 0.3) is 0 Å². The van der Waals surface area contributed by atoms with Gasteiger partial charge in [0.2, 0.25) is 0 Å². The first kappa shape index (κ1) is 12.8. The Morgan fingerprint density at radius 2 is 2.05 bits per heavy atom. The molecule has 0 N–H and O–H groups in total. The summed E-state index contributed by atoms with van der Waals surface area (Å²) < 4.78 is 18.5. The van der Waals surface area contributed by atoms with E-state index in [0.29, 0.717) is 30.9 Å². The van der Waals surface area contributed by atoms with E-state index in [0.717, 1.165) is 17.3 Å². The third-order valence-electron chi connectivity index (χ3n) is 4.43. The zero-order chi connectivity index (χ0) is 13.7. The molecule has 0 bridgehead atoms. The van der Waals surface area contributed by atoms with Crippen molar-refractivity contribution in [3.8, 4) is 5.75 Å². The molecular weight excluding hydrogens is 324 g/mol. The van der Waals surface area contributed by atoms with Gasteiger partial charge in [-0.3, -0.25) is 4.79 Å². The molecule has 0 aromatic heterocycles. The molecular formula is C15H15BrO4. The number of benzene rings is 1. The lowest BCUT2D eigenvalue weighted by atomic mass is 9.77. The van der Waals surface area contributed by atoms with Crippen molar-refractivity contribution in [2.45, 2.75) is 31.2 Å². The molecule has 2 fully saturated rings. The molecule has 1 aromatic carbocycles. The number of hydrogen-bond acceptors (Lipinski definition) is 4. The second-order valence-corrected chi connectivity index (χ2v) is 6.53. The standard InChI is InChI=1S/C15H15BrO4/c16-9-1-2-12-11(7-9)14(17)10-3-4-15(8-13(10)20-12)18-5-6-19-15/h1-2,7,10,13H,3-6,8H2. The van der Waals surface area contributed by atoms with Crippen molar-refractivity contribution in [3.63, 3.8) is 0 Å². The maximum atomic E-state index is 12.6. The third-order valence-corrected chi connectivity index (χ3v) is 4.93. The summed E-state index contributed by atoms with van der Waals surface area (Å²) in [6.07, 6.45) is 2.03. The molecule has 2 atom stereocenters. The van der Waals surface area contributed by atoms with Gasteiger partial charge in [0.1, 0.15) is 11.9 Å². The molecule has 20 heavy (non-hydrogen) atoms. The minimum atomic E-state index is -0.520. The smallest absolute Gasteiger partial charge is 0.173 e. The summed E-state index contributed by atoms with van der Waals surface area (Å²) in [5.74, 6) is 0.268. The summed E-state index contributed by atoms with van der Waals surface area (Å²) >= 11 is 3.41. The van der Waals surface area contributed by atoms with Gasteiger partial charge in [0, 0.05) is 17.3 Å². The number of hydrogen-bond donors (Lipinski definition) is 0. The van der Waals surface area contributed by atoms with Gasteiger partial charge in [-0.2, -0.15) is 0 Å². The zero-order valence-corrected chi connectivity index (χ0v) is 12.5. The summed E-state index contributed by atoms with van der Waals surface area (Å²) in [7, 11) is 0. The van der Waals surface area contributed by atoms with E-state index in [9.17, 15) is 4.79 Å². The Labute approximate surface area is 125 Å². The second-order valence-electron chi connectivity index (χ2n) is 5.62. The van der Waals surface area contributed by atoms with Crippen LogP contribution in [0.4, 0.5) is 0 Å². The Kier molecular flexibility index (Phi) is 2.91. The maximum Gasteiger partial charge on any atom is 0.173 e. The molecule has 3 aliphatic rings. The van der Waals surface area contributed by atoms with Crippen molar-refractivity contribution in [2.75, 3.05) is 13.2 Å². The Hall–Kier alpha value is -0.910. The summed E-state index contributed by atoms with van der Waals surface area (Å²) in [5, 5.41) is 0. The van der Waals surface area contributed by atoms with Crippen molar-refractivity contribution in [1.82, 2.24) is 0 Å². The lowest BCUT2D eigenvalue weighted by Gasteiger charge is -2.42. The highest BCUT2D eigenvalue weighted by Crippen LogP contribution is 2.44. The molecule has 2 aliphatic heterocycles. The van der Waals surface area contributed by atoms with Crippen LogP contribution in [0.1, 0.15) is 29.6 Å². The number of fused-ring (bicyclic) bond motifs is 2. The first-order chi connectivity index (χ1) is 9.67. The van der Waals surface area contributed by atoms with Crippen molar-refractivity contribution in [1.29, 1.82) is 0 Å². The number of carbonyl (C=O) groups is 1. The van der Waals surface area contributed by atoms with Gasteiger partial charge in [0.15, 0.2) is 11.6 Å². The van der Waals surface area contributed by atoms with Gasteiger partial charge < -0.3 is 14.2 Å². The van der Waals surface area contributed by atoms with Crippen LogP contribution in [0.15, 0.2) is 22.7 Å². The van der Waals surface area contributed by atoms with E-state index < -0.39 is 5.79 Å². The summed E-state index contributed by atoms with van der Waals surface area (Å²) in [4.78, 5) is 12.6. The fraction of sp³-hybridized carbons (Fsp3) is 0.533. The Balaban J connectivity index is 1.66. The van der Waals surface area contributed by atoms with E-state index >= 15 is 0 Å². The van der Waals surface area contributed by atoms with Crippen LogP contribution in [0.3, 0.4) is 0 Å². The van der Waals surface area contributed by atoms with E-state index in [1.807, 2.05) is 18.2 Å². The quantitative estimate of drug-likeness (QED) is 0.729. The summed E-state index contributed by atoms with van der Waals surface area (Å²) in [6.45, 7) is 1.27. The lowest BCUT2D eigenvalue weighted by molar-refractivity contribution is -0.199. The Bertz CT molecular complexity index is 565. The van der Waals surface area contributed by atoms with E-state index in [-0.39, 0.29) is 17.8 Å². The monoisotopic (exact) mass is 338 g/mol. The number of ketones is 1. The van der Waals surface area contributed by atoms with Crippen LogP contribution in [0, 0.1) is 5.92 Å². The fourth-order valence-corrected chi connectivity index (χ4v) is 3.82. The minimum Gasteiger partial charge on any atom is -0.489 e. The predicted molar refractivity (Wildman–Crippen MR) is 74.9 cm³/mol. The molecule has 1 aromatic rings. The summed E-state index contributed by atoms with van der Waals surface area (Å²) in [6, 6.07) is 5.60. The fourth-order valence-electron chi connectivity index (χ4n) is 3.46. The van der Waals surface area contributed by atoms with Crippen LogP contribution >= 0.6 is 15.9 Å². The van der Waals surface area contributed by atoms with Crippen LogP contribution in [0.5, 0.6) is 5.75 Å². The van der Waals surface area contributed by atoms with Crippen molar-refractivity contribution in [3.05, 3.63) is 28.2 Å². The first-order valence-corrected chi connectivity index (χ1v) is 7.75. The van der Waals surface area contributed by atoms with Crippen LogP contribution < -0.4 is 4.74 Å². The number of ether oxygens (including phenoxy) is 3. The Morgan fingerprint density at radius 3 is 2.85 bits per heavy atom. The Morgan fingerprint density at radius 1 is 1.25 bits per heavy atom. The van der Waals surface area contributed by atoms with Gasteiger partial charge in [-0.25, -0.2) is 0 Å². The average molecular weight is 339 g/mol. The van der Waals surface area contributed by atoms with Crippen LogP contribution in [-0.2, 0) is 9.47 Å². The normalized spacial score (nSPS) is 30.8. The largest absolute Gasteiger partial charge is 0.489 e. The molecule has 0 radical (unpaired) electrons. The van der Waals surface area contributed by atoms with Crippen molar-refractivity contribution >= 4 is 21.7 Å². The van der Waals surface area contributed by atoms with Crippen LogP contribution in [-0.4, -0.2) is 30.9 Å². The molecule has 4 rings (SSSR count). The van der Waals surface area contributed by atoms with Gasteiger partial charge in [-0.15, -0.1) is 0 Å². The van der Waals surface area contributed by atoms with Crippen molar-refractivity contribution in [2.24, 2.45) is 5.92 Å². The van der Waals surface area contributed by atoms with Crippen molar-refractivity contribution < 1.29 is 19.0 Å². The second kappa shape index (κ2) is 4.55. The molecule has 1 spiro atoms. The molecule has 5 heteroatoms. The maximum absolute atomic E-state index is 12.6. The average Bonchev–Trinajstić information content (AvgIpc) is 2.88. The number of rotatable bonds is 0. The highest BCUT2D eigenvalue weighted by molar-refractivity contribution is 9.10. The number of Topliss-reactive ketones (excluding diaryl/α,β-unsaturated/α-hetero) is 1. The van der Waals surface area contributed by atoms with E-state index in [2.05, 4.69) is 15.9 Å². The highest BCUT2D eigenvalue weighted by Gasteiger charge is 2.50. The van der Waals surface area contributed by atoms with E-state index in [4.69, 9.17) is 14.2 Å². The molecule has 0 amide bonds. The highest BCUT2D eigenvalue weighted by atomic mass is 79.9. The third kappa shape index (κ3) is 1.91. The molecule has 4 nitrogen and oxygen atoms in total. The number of carbonyl (C=O) groups excluding carboxylic acids is 1. The predicted octanol–water partition coefficient (Wildman–Crippen LogP) is 2.94. The van der Waals surface area contributed by atoms with Crippen LogP contribution in [0.25, 0.3) is 0 Å². The topological polar surface area (TPSA) is 44.8 Å². The summed E-state index contributed by atoms with van der Waals surface area (Å²) in [5.41, 5.74) is 0.685. The minimum absolute atomic E-state index is 0.0739. The molecule has 2 heterocycles. The SMILES string of the molecule is O=C1c2cc(Br)ccc2OC2CC3(CCC12)OCCO3. The van der Waals surface area contributed by atoms with Gasteiger partial charge in [0.05, 0.1) is 24.7 Å². The van der Waals surface area contributed by atoms with Crippen LogP contribution in [0.2, 0.25) is 0 Å². The molecule has 2 unspecified atom stereocenters. The van der Waals surface area contributed by atoms with E-state index in [1.54, 1.807) is 0 Å². The molecule has 1 saturated carbocycles. The molecule has 1 aliphatic carbocycles. The van der Waals surface area contributed by atoms with E-state index in [1.165, 1.54) is 0 Å². The van der Waals surface area contributed by atoms with Gasteiger partial charge in [-0.05, 0) is 24.6 Å². The first-order valence-electron chi connectivity index (χ1n) is 6.95. The molecule has 106 valence electrons. The zero-order valence-electron chi connectivity index (χ0n) is 10.9. The molecule has 1 saturated heterocycles. The van der Waals surface area contributed by atoms with Gasteiger partial charge in [-0.1, -0.05) is 15.9 Å².